The molecule has 33 heavy (non-hydrogen) atoms. The molecule has 0 fully saturated rings. The first-order valence-corrected chi connectivity index (χ1v) is 10.9. The average Bonchev–Trinajstić information content (AvgIpc) is 2.82. The molecule has 7 heteroatoms. The van der Waals surface area contributed by atoms with Gasteiger partial charge in [-0.3, -0.25) is 0 Å². The van der Waals surface area contributed by atoms with Crippen molar-refractivity contribution in [3.8, 4) is 35.5 Å². The third kappa shape index (κ3) is 3.66. The summed E-state index contributed by atoms with van der Waals surface area (Å²) in [7, 11) is 4.64. The highest BCUT2D eigenvalue weighted by Gasteiger charge is 2.54. The molecule has 7 nitrogen and oxygen atoms in total. The lowest BCUT2D eigenvalue weighted by atomic mass is 9.55. The van der Waals surface area contributed by atoms with E-state index in [0.717, 1.165) is 6.42 Å². The van der Waals surface area contributed by atoms with Crippen molar-refractivity contribution in [2.24, 2.45) is 28.4 Å². The van der Waals surface area contributed by atoms with E-state index >= 15 is 0 Å². The van der Waals surface area contributed by atoms with Gasteiger partial charge in [-0.1, -0.05) is 26.8 Å². The molecule has 0 amide bonds. The fraction of sp³-hybridized carbons (Fsp3) is 0.500. The largest absolute Gasteiger partial charge is 0.496 e. The maximum Gasteiger partial charge on any atom is 0.204 e. The van der Waals surface area contributed by atoms with Crippen LogP contribution in [-0.4, -0.2) is 21.3 Å². The highest BCUT2D eigenvalue weighted by Crippen LogP contribution is 2.58. The Morgan fingerprint density at radius 1 is 0.970 bits per heavy atom. The molecule has 0 unspecified atom stereocenters. The Morgan fingerprint density at radius 3 is 2.03 bits per heavy atom. The Hall–Kier alpha value is -3.63. The van der Waals surface area contributed by atoms with Gasteiger partial charge in [-0.15, -0.1) is 0 Å². The monoisotopic (exact) mass is 446 g/mol. The number of rotatable bonds is 4. The Bertz CT molecular complexity index is 1120. The standard InChI is InChI=1S/C26H30N4O3/c1-25(2,3)15-7-8-19-16(9-15)23(18(12-27)24(30)26(19,13-28)14-29)17-10-21(32-5)22(33-6)11-20(17)31-4/h8,10-11,15-16,23H,7,9,30H2,1-6H3/t15-,16-,23-/m0/s1. The summed E-state index contributed by atoms with van der Waals surface area (Å²) in [6.45, 7) is 6.55. The predicted octanol–water partition coefficient (Wildman–Crippen LogP) is 4.58. The van der Waals surface area contributed by atoms with Crippen LogP contribution in [0, 0.1) is 56.7 Å². The summed E-state index contributed by atoms with van der Waals surface area (Å²) in [6, 6.07) is 10.0. The van der Waals surface area contributed by atoms with Crippen molar-refractivity contribution in [1.82, 2.24) is 0 Å². The van der Waals surface area contributed by atoms with Crippen LogP contribution in [0.2, 0.25) is 0 Å². The van der Waals surface area contributed by atoms with Gasteiger partial charge in [0, 0.05) is 17.5 Å². The molecule has 2 N–H and O–H groups in total. The molecule has 0 saturated carbocycles. The molecular weight excluding hydrogens is 416 g/mol. The molecule has 2 aliphatic carbocycles. The number of fused-ring (bicyclic) bond motifs is 1. The number of hydrogen-bond donors (Lipinski definition) is 1. The normalized spacial score (nSPS) is 23.8. The van der Waals surface area contributed by atoms with E-state index in [1.807, 2.05) is 6.08 Å². The van der Waals surface area contributed by atoms with E-state index in [9.17, 15) is 15.8 Å². The van der Waals surface area contributed by atoms with Crippen molar-refractivity contribution in [2.45, 2.75) is 39.5 Å². The highest BCUT2D eigenvalue weighted by molar-refractivity contribution is 5.62. The molecule has 172 valence electrons. The summed E-state index contributed by atoms with van der Waals surface area (Å²) in [4.78, 5) is 0. The smallest absolute Gasteiger partial charge is 0.204 e. The van der Waals surface area contributed by atoms with Crippen LogP contribution < -0.4 is 19.9 Å². The van der Waals surface area contributed by atoms with Crippen molar-refractivity contribution < 1.29 is 14.2 Å². The van der Waals surface area contributed by atoms with E-state index in [0.29, 0.717) is 40.7 Å². The lowest BCUT2D eigenvalue weighted by Gasteiger charge is -2.46. The van der Waals surface area contributed by atoms with Crippen LogP contribution in [0.1, 0.15) is 45.1 Å². The van der Waals surface area contributed by atoms with E-state index in [4.69, 9.17) is 19.9 Å². The van der Waals surface area contributed by atoms with Gasteiger partial charge in [0.25, 0.3) is 0 Å². The summed E-state index contributed by atoms with van der Waals surface area (Å²) >= 11 is 0. The summed E-state index contributed by atoms with van der Waals surface area (Å²) in [6.07, 6.45) is 3.45. The number of nitrogens with zero attached hydrogens (tertiary/aromatic N) is 3. The molecule has 0 aromatic heterocycles. The molecule has 0 spiro atoms. The van der Waals surface area contributed by atoms with Crippen molar-refractivity contribution in [2.75, 3.05) is 21.3 Å². The van der Waals surface area contributed by atoms with Gasteiger partial charge in [0.05, 0.1) is 50.8 Å². The first kappa shape index (κ1) is 24.0. The van der Waals surface area contributed by atoms with Crippen molar-refractivity contribution in [1.29, 1.82) is 15.8 Å². The molecule has 0 aliphatic heterocycles. The Labute approximate surface area is 195 Å². The molecule has 0 bridgehead atoms. The molecule has 2 aliphatic rings. The fourth-order valence-corrected chi connectivity index (χ4v) is 5.20. The minimum absolute atomic E-state index is 0.00598. The quantitative estimate of drug-likeness (QED) is 0.671. The minimum Gasteiger partial charge on any atom is -0.496 e. The third-order valence-electron chi connectivity index (χ3n) is 7.15. The van der Waals surface area contributed by atoms with Crippen LogP contribution >= 0.6 is 0 Å². The SMILES string of the molecule is COc1cc(OC)c([C@H]2C(C#N)=C(N)C(C#N)(C#N)C3=CC[C@H](C(C)(C)C)C[C@@H]32)cc1OC. The van der Waals surface area contributed by atoms with Gasteiger partial charge in [0.2, 0.25) is 5.41 Å². The molecule has 3 rings (SSSR count). The second kappa shape index (κ2) is 8.72. The average molecular weight is 447 g/mol. The second-order valence-electron chi connectivity index (χ2n) is 9.64. The summed E-state index contributed by atoms with van der Waals surface area (Å²) < 4.78 is 16.6. The molecule has 0 saturated heterocycles. The zero-order valence-corrected chi connectivity index (χ0v) is 20.0. The molecular formula is C26H30N4O3. The van der Waals surface area contributed by atoms with Crippen molar-refractivity contribution in [3.63, 3.8) is 0 Å². The Morgan fingerprint density at radius 2 is 1.55 bits per heavy atom. The fourth-order valence-electron chi connectivity index (χ4n) is 5.20. The number of nitrogens with two attached hydrogens (primary N) is 1. The number of allylic oxidation sites excluding steroid dienone is 3. The van der Waals surface area contributed by atoms with Crippen molar-refractivity contribution >= 4 is 0 Å². The van der Waals surface area contributed by atoms with Crippen LogP contribution in [0.3, 0.4) is 0 Å². The summed E-state index contributed by atoms with van der Waals surface area (Å²) in [5.41, 5.74) is 6.40. The van der Waals surface area contributed by atoms with Crippen LogP contribution in [-0.2, 0) is 0 Å². The van der Waals surface area contributed by atoms with Gasteiger partial charge < -0.3 is 19.9 Å². The maximum absolute atomic E-state index is 10.2. The number of hydrogen-bond acceptors (Lipinski definition) is 7. The Balaban J connectivity index is 2.37. The molecule has 1 aromatic carbocycles. The van der Waals surface area contributed by atoms with Crippen LogP contribution in [0.25, 0.3) is 0 Å². The lowest BCUT2D eigenvalue weighted by Crippen LogP contribution is -2.43. The van der Waals surface area contributed by atoms with Crippen molar-refractivity contribution in [3.05, 3.63) is 40.6 Å². The summed E-state index contributed by atoms with van der Waals surface area (Å²) in [5, 5.41) is 30.4. The van der Waals surface area contributed by atoms with Gasteiger partial charge in [0.1, 0.15) is 5.75 Å². The third-order valence-corrected chi connectivity index (χ3v) is 7.15. The van der Waals surface area contributed by atoms with Crippen LogP contribution in [0.4, 0.5) is 0 Å². The maximum atomic E-state index is 10.2. The molecule has 0 radical (unpaired) electrons. The highest BCUT2D eigenvalue weighted by atomic mass is 16.5. The van der Waals surface area contributed by atoms with E-state index in [2.05, 4.69) is 39.0 Å². The molecule has 1 aromatic rings. The van der Waals surface area contributed by atoms with Crippen LogP contribution in [0.15, 0.2) is 35.1 Å². The number of benzene rings is 1. The first-order chi connectivity index (χ1) is 15.6. The first-order valence-electron chi connectivity index (χ1n) is 10.9. The molecule has 3 atom stereocenters. The van der Waals surface area contributed by atoms with E-state index in [1.165, 1.54) is 0 Å². The Kier molecular flexibility index (Phi) is 6.35. The molecule has 0 heterocycles. The number of methoxy groups -OCH3 is 3. The van der Waals surface area contributed by atoms with E-state index in [-0.39, 0.29) is 22.6 Å². The van der Waals surface area contributed by atoms with E-state index in [1.54, 1.807) is 33.5 Å². The van der Waals surface area contributed by atoms with Gasteiger partial charge in [-0.25, -0.2) is 0 Å². The number of nitriles is 3. The summed E-state index contributed by atoms with van der Waals surface area (Å²) in [5.74, 6) is 1.06. The predicted molar refractivity (Wildman–Crippen MR) is 123 cm³/mol. The van der Waals surface area contributed by atoms with Gasteiger partial charge in [-0.2, -0.15) is 15.8 Å². The number of ether oxygens (including phenoxy) is 3. The lowest BCUT2D eigenvalue weighted by molar-refractivity contribution is 0.179. The van der Waals surface area contributed by atoms with Gasteiger partial charge in [-0.05, 0) is 41.7 Å². The zero-order chi connectivity index (χ0) is 24.6. The van der Waals surface area contributed by atoms with Gasteiger partial charge >= 0.3 is 0 Å². The van der Waals surface area contributed by atoms with Gasteiger partial charge in [0.15, 0.2) is 11.5 Å². The van der Waals surface area contributed by atoms with Crippen LogP contribution in [0.5, 0.6) is 17.2 Å². The minimum atomic E-state index is -1.65. The second-order valence-corrected chi connectivity index (χ2v) is 9.64. The topological polar surface area (TPSA) is 125 Å². The zero-order valence-electron chi connectivity index (χ0n) is 20.0. The van der Waals surface area contributed by atoms with E-state index < -0.39 is 11.3 Å².